The average Bonchev–Trinajstić information content (AvgIpc) is 3.33. The van der Waals surface area contributed by atoms with E-state index >= 15 is 0 Å². The zero-order valence-electron chi connectivity index (χ0n) is 16.0. The van der Waals surface area contributed by atoms with Crippen LogP contribution in [-0.4, -0.2) is 31.5 Å². The van der Waals surface area contributed by atoms with E-state index in [0.717, 1.165) is 33.4 Å². The van der Waals surface area contributed by atoms with Crippen LogP contribution in [-0.2, 0) is 6.54 Å². The van der Waals surface area contributed by atoms with Gasteiger partial charge >= 0.3 is 0 Å². The molecule has 0 bridgehead atoms. The highest BCUT2D eigenvalue weighted by Crippen LogP contribution is 2.25. The van der Waals surface area contributed by atoms with Gasteiger partial charge in [-0.05, 0) is 54.5 Å². The van der Waals surface area contributed by atoms with Gasteiger partial charge < -0.3 is 15.0 Å². The van der Waals surface area contributed by atoms with Crippen molar-refractivity contribution in [2.24, 2.45) is 0 Å². The van der Waals surface area contributed by atoms with Crippen LogP contribution in [0, 0.1) is 5.82 Å². The van der Waals surface area contributed by atoms with Gasteiger partial charge in [-0.2, -0.15) is 5.10 Å². The number of nitrogens with one attached hydrogen (secondary N) is 2. The molecule has 6 nitrogen and oxygen atoms in total. The van der Waals surface area contributed by atoms with E-state index in [0.29, 0.717) is 6.54 Å². The van der Waals surface area contributed by atoms with Crippen molar-refractivity contribution in [1.82, 2.24) is 19.7 Å². The van der Waals surface area contributed by atoms with Crippen LogP contribution in [0.3, 0.4) is 0 Å². The zero-order valence-corrected chi connectivity index (χ0v) is 16.0. The van der Waals surface area contributed by atoms with E-state index in [4.69, 9.17) is 5.11 Å². The van der Waals surface area contributed by atoms with E-state index in [1.54, 1.807) is 6.20 Å². The number of fused-ring (bicyclic) bond motifs is 1. The molecule has 0 aliphatic carbocycles. The fourth-order valence-electron chi connectivity index (χ4n) is 3.24. The van der Waals surface area contributed by atoms with E-state index < -0.39 is 0 Å². The summed E-state index contributed by atoms with van der Waals surface area (Å²) in [4.78, 5) is 3.91. The lowest BCUT2D eigenvalue weighted by Gasteiger charge is -2.15. The molecule has 148 valence electrons. The van der Waals surface area contributed by atoms with E-state index in [1.807, 2.05) is 60.3 Å². The lowest BCUT2D eigenvalue weighted by Crippen LogP contribution is -2.07. The largest absolute Gasteiger partial charge is 0.395 e. The average molecular weight is 391 g/mol. The summed E-state index contributed by atoms with van der Waals surface area (Å²) in [5, 5.41) is 20.8. The predicted molar refractivity (Wildman–Crippen MR) is 113 cm³/mol. The van der Waals surface area contributed by atoms with Crippen molar-refractivity contribution in [3.63, 3.8) is 0 Å². The smallest absolute Gasteiger partial charge is 0.141 e. The summed E-state index contributed by atoms with van der Waals surface area (Å²) < 4.78 is 15.4. The van der Waals surface area contributed by atoms with Crippen LogP contribution >= 0.6 is 0 Å². The number of benzene rings is 1. The molecule has 0 fully saturated rings. The second-order valence-corrected chi connectivity index (χ2v) is 6.91. The van der Waals surface area contributed by atoms with Gasteiger partial charge in [0, 0.05) is 36.2 Å². The van der Waals surface area contributed by atoms with Crippen LogP contribution in [0.5, 0.6) is 0 Å². The van der Waals surface area contributed by atoms with Crippen LogP contribution in [0.1, 0.15) is 29.8 Å². The standard InChI is InChI=1S/C22H22FN5O/c1-15(17-10-18(23)13-24-12-17)25-19-3-5-22-20(11-19)21(26-27-22)4-2-16-6-7-28(14-16)8-9-29/h2-7,10-15,25,29H,8-9H2,1H3,(H,26,27)/b4-2+. The van der Waals surface area contributed by atoms with Gasteiger partial charge in [0.25, 0.3) is 0 Å². The summed E-state index contributed by atoms with van der Waals surface area (Å²) in [5.41, 5.74) is 4.51. The zero-order chi connectivity index (χ0) is 20.2. The normalized spacial score (nSPS) is 12.7. The maximum absolute atomic E-state index is 13.4. The van der Waals surface area contributed by atoms with Crippen molar-refractivity contribution in [3.05, 3.63) is 77.8 Å². The number of H-pyrrole nitrogens is 1. The number of halogens is 1. The third-order valence-corrected chi connectivity index (χ3v) is 4.77. The fourth-order valence-corrected chi connectivity index (χ4v) is 3.24. The number of hydrogen-bond donors (Lipinski definition) is 3. The molecular formula is C22H22FN5O. The van der Waals surface area contributed by atoms with Crippen molar-refractivity contribution >= 4 is 28.7 Å². The molecule has 0 spiro atoms. The number of aromatic amines is 1. The second kappa shape index (κ2) is 8.28. The number of anilines is 1. The third-order valence-electron chi connectivity index (χ3n) is 4.77. The van der Waals surface area contributed by atoms with Crippen LogP contribution in [0.15, 0.2) is 55.1 Å². The molecule has 29 heavy (non-hydrogen) atoms. The van der Waals surface area contributed by atoms with Crippen molar-refractivity contribution in [2.45, 2.75) is 19.5 Å². The van der Waals surface area contributed by atoms with Gasteiger partial charge in [-0.15, -0.1) is 0 Å². The van der Waals surface area contributed by atoms with Crippen molar-refractivity contribution in [2.75, 3.05) is 11.9 Å². The topological polar surface area (TPSA) is 78.8 Å². The van der Waals surface area contributed by atoms with Crippen molar-refractivity contribution in [3.8, 4) is 0 Å². The Kier molecular flexibility index (Phi) is 5.39. The monoisotopic (exact) mass is 391 g/mol. The van der Waals surface area contributed by atoms with Crippen LogP contribution in [0.2, 0.25) is 0 Å². The Balaban J connectivity index is 1.54. The minimum Gasteiger partial charge on any atom is -0.395 e. The molecule has 0 aliphatic heterocycles. The molecule has 3 heterocycles. The number of hydrogen-bond acceptors (Lipinski definition) is 4. The molecule has 0 saturated carbocycles. The quantitative estimate of drug-likeness (QED) is 0.440. The number of pyridine rings is 1. The highest BCUT2D eigenvalue weighted by molar-refractivity contribution is 5.91. The molecule has 0 aliphatic rings. The summed E-state index contributed by atoms with van der Waals surface area (Å²) in [5.74, 6) is -0.346. The lowest BCUT2D eigenvalue weighted by atomic mass is 10.1. The minimum atomic E-state index is -0.346. The minimum absolute atomic E-state index is 0.0900. The first-order valence-electron chi connectivity index (χ1n) is 9.42. The molecule has 4 aromatic rings. The Morgan fingerprint density at radius 3 is 2.97 bits per heavy atom. The van der Waals surface area contributed by atoms with Crippen molar-refractivity contribution in [1.29, 1.82) is 0 Å². The Labute approximate surface area is 167 Å². The lowest BCUT2D eigenvalue weighted by molar-refractivity contribution is 0.276. The Morgan fingerprint density at radius 1 is 1.24 bits per heavy atom. The summed E-state index contributed by atoms with van der Waals surface area (Å²) in [6.45, 7) is 2.66. The molecule has 0 amide bonds. The van der Waals surface area contributed by atoms with Gasteiger partial charge in [0.05, 0.1) is 30.1 Å². The van der Waals surface area contributed by atoms with Crippen LogP contribution < -0.4 is 5.32 Å². The molecule has 0 radical (unpaired) electrons. The molecule has 1 unspecified atom stereocenters. The summed E-state index contributed by atoms with van der Waals surface area (Å²) in [7, 11) is 0. The summed E-state index contributed by atoms with van der Waals surface area (Å²) >= 11 is 0. The van der Waals surface area contributed by atoms with E-state index in [9.17, 15) is 4.39 Å². The molecule has 3 N–H and O–H groups in total. The van der Waals surface area contributed by atoms with Crippen LogP contribution in [0.4, 0.5) is 10.1 Å². The Morgan fingerprint density at radius 2 is 2.14 bits per heavy atom. The highest BCUT2D eigenvalue weighted by Gasteiger charge is 2.09. The van der Waals surface area contributed by atoms with Crippen molar-refractivity contribution < 1.29 is 9.50 Å². The summed E-state index contributed by atoms with van der Waals surface area (Å²) in [6, 6.07) is 9.34. The molecule has 3 aromatic heterocycles. The molecule has 1 aromatic carbocycles. The Hall–Kier alpha value is -3.45. The SMILES string of the molecule is CC(Nc1ccc2[nH]nc(/C=C/c3ccn(CCO)c3)c2c1)c1cncc(F)c1. The van der Waals surface area contributed by atoms with E-state index in [1.165, 1.54) is 12.3 Å². The first-order valence-corrected chi connectivity index (χ1v) is 9.42. The van der Waals surface area contributed by atoms with Gasteiger partial charge in [0.15, 0.2) is 0 Å². The highest BCUT2D eigenvalue weighted by atomic mass is 19.1. The van der Waals surface area contributed by atoms with Crippen LogP contribution in [0.25, 0.3) is 23.1 Å². The maximum Gasteiger partial charge on any atom is 0.141 e. The number of aliphatic hydroxyl groups excluding tert-OH is 1. The number of aliphatic hydroxyl groups is 1. The van der Waals surface area contributed by atoms with Gasteiger partial charge in [0.1, 0.15) is 5.82 Å². The van der Waals surface area contributed by atoms with Gasteiger partial charge in [-0.3, -0.25) is 10.1 Å². The van der Waals surface area contributed by atoms with Gasteiger partial charge in [-0.1, -0.05) is 6.08 Å². The third kappa shape index (κ3) is 4.35. The number of aromatic nitrogens is 4. The number of nitrogens with zero attached hydrogens (tertiary/aromatic N) is 3. The van der Waals surface area contributed by atoms with E-state index in [2.05, 4.69) is 20.5 Å². The van der Waals surface area contributed by atoms with E-state index in [-0.39, 0.29) is 18.5 Å². The predicted octanol–water partition coefficient (Wildman–Crippen LogP) is 4.23. The maximum atomic E-state index is 13.4. The molecule has 1 atom stereocenters. The number of rotatable bonds is 7. The fraction of sp³-hybridized carbons (Fsp3) is 0.182. The molecular weight excluding hydrogens is 369 g/mol. The first kappa shape index (κ1) is 18.9. The summed E-state index contributed by atoms with van der Waals surface area (Å²) in [6.07, 6.45) is 10.7. The van der Waals surface area contributed by atoms with Gasteiger partial charge in [0.2, 0.25) is 0 Å². The molecule has 7 heteroatoms. The Bertz CT molecular complexity index is 1150. The molecule has 0 saturated heterocycles. The molecule has 4 rings (SSSR count). The van der Waals surface area contributed by atoms with Gasteiger partial charge in [-0.25, -0.2) is 4.39 Å². The second-order valence-electron chi connectivity index (χ2n) is 6.91. The first-order chi connectivity index (χ1) is 14.1.